The van der Waals surface area contributed by atoms with Crippen LogP contribution in [0.15, 0.2) is 18.2 Å². The van der Waals surface area contributed by atoms with Crippen LogP contribution >= 0.6 is 0 Å². The Balaban J connectivity index is 1.76. The molecule has 21 heavy (non-hydrogen) atoms. The molecule has 0 aliphatic carbocycles. The van der Waals surface area contributed by atoms with Gasteiger partial charge in [0.05, 0.1) is 5.41 Å². The highest BCUT2D eigenvalue weighted by molar-refractivity contribution is 5.96. The van der Waals surface area contributed by atoms with Crippen LogP contribution < -0.4 is 10.6 Å². The lowest BCUT2D eigenvalue weighted by Gasteiger charge is -2.23. The molecule has 1 saturated heterocycles. The van der Waals surface area contributed by atoms with E-state index in [1.54, 1.807) is 11.9 Å². The quantitative estimate of drug-likeness (QED) is 0.860. The van der Waals surface area contributed by atoms with Crippen LogP contribution in [-0.4, -0.2) is 43.4 Å². The fourth-order valence-corrected chi connectivity index (χ4v) is 3.24. The maximum Gasteiger partial charge on any atom is 0.253 e. The van der Waals surface area contributed by atoms with Crippen LogP contribution in [0.2, 0.25) is 0 Å². The van der Waals surface area contributed by atoms with Gasteiger partial charge in [-0.2, -0.15) is 0 Å². The van der Waals surface area contributed by atoms with Crippen molar-refractivity contribution in [3.8, 4) is 0 Å². The maximum absolute atomic E-state index is 12.6. The molecule has 1 atom stereocenters. The van der Waals surface area contributed by atoms with E-state index in [1.165, 1.54) is 5.56 Å². The van der Waals surface area contributed by atoms with Gasteiger partial charge in [-0.3, -0.25) is 9.59 Å². The van der Waals surface area contributed by atoms with Crippen molar-refractivity contribution >= 4 is 17.5 Å². The molecule has 2 heterocycles. The summed E-state index contributed by atoms with van der Waals surface area (Å²) < 4.78 is 0. The molecule has 2 aliphatic rings. The van der Waals surface area contributed by atoms with Gasteiger partial charge in [0.1, 0.15) is 0 Å². The van der Waals surface area contributed by atoms with Gasteiger partial charge in [-0.1, -0.05) is 0 Å². The topological polar surface area (TPSA) is 61.4 Å². The number of hydrogen-bond donors (Lipinski definition) is 2. The first-order valence-corrected chi connectivity index (χ1v) is 7.42. The third kappa shape index (κ3) is 2.37. The molecule has 1 aromatic rings. The summed E-state index contributed by atoms with van der Waals surface area (Å²) in [6, 6.07) is 5.83. The second kappa shape index (κ2) is 5.06. The van der Waals surface area contributed by atoms with Crippen molar-refractivity contribution in [2.75, 3.05) is 32.0 Å². The molecule has 1 fully saturated rings. The average molecular weight is 287 g/mol. The Bertz CT molecular complexity index is 599. The van der Waals surface area contributed by atoms with Crippen molar-refractivity contribution < 1.29 is 9.59 Å². The molecule has 112 valence electrons. The minimum atomic E-state index is -0.470. The van der Waals surface area contributed by atoms with E-state index in [0.29, 0.717) is 19.5 Å². The van der Waals surface area contributed by atoms with Crippen LogP contribution in [0.25, 0.3) is 0 Å². The molecule has 2 aliphatic heterocycles. The molecule has 0 radical (unpaired) electrons. The summed E-state index contributed by atoms with van der Waals surface area (Å²) in [6.07, 6.45) is 1.68. The molecule has 0 bridgehead atoms. The first kappa shape index (κ1) is 13.9. The molecule has 2 amide bonds. The highest BCUT2D eigenvalue weighted by atomic mass is 16.2. The smallest absolute Gasteiger partial charge is 0.253 e. The zero-order valence-electron chi connectivity index (χ0n) is 12.5. The largest absolute Gasteiger partial charge is 0.384 e. The molecule has 5 heteroatoms. The van der Waals surface area contributed by atoms with E-state index in [4.69, 9.17) is 0 Å². The predicted molar refractivity (Wildman–Crippen MR) is 81.3 cm³/mol. The second-order valence-electron chi connectivity index (χ2n) is 6.17. The number of rotatable bonds is 2. The minimum absolute atomic E-state index is 0.0101. The van der Waals surface area contributed by atoms with Crippen LogP contribution in [0.1, 0.15) is 29.3 Å². The van der Waals surface area contributed by atoms with Gasteiger partial charge in [-0.25, -0.2) is 0 Å². The molecule has 3 rings (SSSR count). The summed E-state index contributed by atoms with van der Waals surface area (Å²) in [5.74, 6) is 0.0354. The summed E-state index contributed by atoms with van der Waals surface area (Å²) in [5, 5.41) is 5.99. The molecular weight excluding hydrogens is 266 g/mol. The van der Waals surface area contributed by atoms with Crippen LogP contribution in [0.4, 0.5) is 5.69 Å². The van der Waals surface area contributed by atoms with Gasteiger partial charge in [0.15, 0.2) is 0 Å². The number of likely N-dealkylation sites (tertiary alicyclic amines) is 1. The van der Waals surface area contributed by atoms with Crippen molar-refractivity contribution in [2.45, 2.75) is 19.8 Å². The molecule has 2 N–H and O–H groups in total. The van der Waals surface area contributed by atoms with Crippen molar-refractivity contribution in [1.82, 2.24) is 10.2 Å². The number of carbonyl (C=O) groups is 2. The Labute approximate surface area is 124 Å². The SMILES string of the molecule is CNC(=O)C1(C)CCN(C(=O)c2ccc3c(c2)CCN3)C1. The zero-order valence-corrected chi connectivity index (χ0v) is 12.5. The van der Waals surface area contributed by atoms with E-state index >= 15 is 0 Å². The van der Waals surface area contributed by atoms with Crippen molar-refractivity contribution in [3.63, 3.8) is 0 Å². The summed E-state index contributed by atoms with van der Waals surface area (Å²) in [4.78, 5) is 26.3. The van der Waals surface area contributed by atoms with Gasteiger partial charge in [-0.15, -0.1) is 0 Å². The first-order valence-electron chi connectivity index (χ1n) is 7.42. The molecule has 5 nitrogen and oxygen atoms in total. The van der Waals surface area contributed by atoms with Crippen molar-refractivity contribution in [1.29, 1.82) is 0 Å². The maximum atomic E-state index is 12.6. The number of benzene rings is 1. The molecule has 0 saturated carbocycles. The summed E-state index contributed by atoms with van der Waals surface area (Å²) >= 11 is 0. The van der Waals surface area contributed by atoms with Gasteiger partial charge in [-0.05, 0) is 43.5 Å². The van der Waals surface area contributed by atoms with E-state index < -0.39 is 5.41 Å². The standard InChI is InChI=1S/C16H21N3O2/c1-16(15(21)17-2)6-8-19(10-16)14(20)12-3-4-13-11(9-12)5-7-18-13/h3-4,9,18H,5-8,10H2,1-2H3,(H,17,21). The number of amides is 2. The Hall–Kier alpha value is -2.04. The Morgan fingerprint density at radius 3 is 2.95 bits per heavy atom. The van der Waals surface area contributed by atoms with Crippen LogP contribution in [-0.2, 0) is 11.2 Å². The fraction of sp³-hybridized carbons (Fsp3) is 0.500. The Morgan fingerprint density at radius 2 is 2.19 bits per heavy atom. The number of anilines is 1. The highest BCUT2D eigenvalue weighted by Crippen LogP contribution is 2.31. The molecule has 1 unspecified atom stereocenters. The fourth-order valence-electron chi connectivity index (χ4n) is 3.24. The lowest BCUT2D eigenvalue weighted by atomic mass is 9.89. The van der Waals surface area contributed by atoms with E-state index in [0.717, 1.165) is 24.2 Å². The van der Waals surface area contributed by atoms with Crippen molar-refractivity contribution in [2.24, 2.45) is 5.41 Å². The summed E-state index contributed by atoms with van der Waals surface area (Å²) in [7, 11) is 1.64. The predicted octanol–water partition coefficient (Wildman–Crippen LogP) is 1.25. The zero-order chi connectivity index (χ0) is 15.0. The number of carbonyl (C=O) groups excluding carboxylic acids is 2. The molecule has 0 aromatic heterocycles. The van der Waals surface area contributed by atoms with Crippen LogP contribution in [0.3, 0.4) is 0 Å². The average Bonchev–Trinajstić information content (AvgIpc) is 3.12. The molecule has 1 aromatic carbocycles. The molecular formula is C16H21N3O2. The molecule has 0 spiro atoms. The summed E-state index contributed by atoms with van der Waals surface area (Å²) in [5.41, 5.74) is 2.58. The lowest BCUT2D eigenvalue weighted by molar-refractivity contribution is -0.128. The van der Waals surface area contributed by atoms with E-state index in [-0.39, 0.29) is 11.8 Å². The number of hydrogen-bond acceptors (Lipinski definition) is 3. The van der Waals surface area contributed by atoms with E-state index in [1.807, 2.05) is 25.1 Å². The highest BCUT2D eigenvalue weighted by Gasteiger charge is 2.41. The third-order valence-corrected chi connectivity index (χ3v) is 4.60. The summed E-state index contributed by atoms with van der Waals surface area (Å²) in [6.45, 7) is 3.98. The van der Waals surface area contributed by atoms with Gasteiger partial charge in [0.25, 0.3) is 5.91 Å². The van der Waals surface area contributed by atoms with Crippen molar-refractivity contribution in [3.05, 3.63) is 29.3 Å². The van der Waals surface area contributed by atoms with Gasteiger partial charge >= 0.3 is 0 Å². The number of nitrogens with one attached hydrogen (secondary N) is 2. The first-order chi connectivity index (χ1) is 10.0. The normalized spacial score (nSPS) is 23.6. The van der Waals surface area contributed by atoms with E-state index in [9.17, 15) is 9.59 Å². The van der Waals surface area contributed by atoms with Gasteiger partial charge < -0.3 is 15.5 Å². The lowest BCUT2D eigenvalue weighted by Crippen LogP contribution is -2.40. The Morgan fingerprint density at radius 1 is 1.38 bits per heavy atom. The monoisotopic (exact) mass is 287 g/mol. The number of nitrogens with zero attached hydrogens (tertiary/aromatic N) is 1. The number of fused-ring (bicyclic) bond motifs is 1. The third-order valence-electron chi connectivity index (χ3n) is 4.60. The second-order valence-corrected chi connectivity index (χ2v) is 6.17. The van der Waals surface area contributed by atoms with Crippen LogP contribution in [0, 0.1) is 5.41 Å². The van der Waals surface area contributed by atoms with E-state index in [2.05, 4.69) is 10.6 Å². The Kier molecular flexibility index (Phi) is 3.35. The van der Waals surface area contributed by atoms with Gasteiger partial charge in [0, 0.05) is 37.9 Å². The van der Waals surface area contributed by atoms with Gasteiger partial charge in [0.2, 0.25) is 5.91 Å². The van der Waals surface area contributed by atoms with Crippen LogP contribution in [0.5, 0.6) is 0 Å². The minimum Gasteiger partial charge on any atom is -0.384 e.